The number of hydrogen-bond acceptors (Lipinski definition) is 5. The van der Waals surface area contributed by atoms with Crippen LogP contribution in [0, 0.1) is 5.92 Å². The molecule has 1 saturated carbocycles. The predicted molar refractivity (Wildman–Crippen MR) is 128 cm³/mol. The number of anilines is 2. The Morgan fingerprint density at radius 2 is 1.91 bits per heavy atom. The van der Waals surface area contributed by atoms with Crippen molar-refractivity contribution in [3.63, 3.8) is 0 Å². The highest BCUT2D eigenvalue weighted by molar-refractivity contribution is 5.96. The number of nitrogens with two attached hydrogens (primary N) is 1. The lowest BCUT2D eigenvalue weighted by Gasteiger charge is -2.31. The van der Waals surface area contributed by atoms with Gasteiger partial charge < -0.3 is 10.6 Å². The van der Waals surface area contributed by atoms with Crippen LogP contribution in [0.4, 0.5) is 11.5 Å². The molecular weight excluding hydrogens is 406 g/mol. The number of nitrogens with one attached hydrogen (secondary N) is 1. The van der Waals surface area contributed by atoms with Gasteiger partial charge in [0.1, 0.15) is 5.82 Å². The van der Waals surface area contributed by atoms with Crippen molar-refractivity contribution in [1.29, 1.82) is 0 Å². The summed E-state index contributed by atoms with van der Waals surface area (Å²) in [6.07, 6.45) is 3.98. The van der Waals surface area contributed by atoms with Crippen LogP contribution in [0.25, 0.3) is 0 Å². The maximum atomic E-state index is 13.4. The van der Waals surface area contributed by atoms with Gasteiger partial charge >= 0.3 is 5.69 Å². The van der Waals surface area contributed by atoms with Gasteiger partial charge in [0.05, 0.1) is 6.54 Å². The molecule has 8 nitrogen and oxygen atoms in total. The molecule has 8 heteroatoms. The van der Waals surface area contributed by atoms with Crippen LogP contribution in [0.3, 0.4) is 0 Å². The fourth-order valence-electron chi connectivity index (χ4n) is 4.13. The lowest BCUT2D eigenvalue weighted by atomic mass is 10.1. The molecule has 32 heavy (non-hydrogen) atoms. The number of hydrogen-bond donors (Lipinski definition) is 2. The molecule has 0 spiro atoms. The minimum Gasteiger partial charge on any atom is -0.383 e. The first kappa shape index (κ1) is 23.8. The van der Waals surface area contributed by atoms with Crippen molar-refractivity contribution in [3.05, 3.63) is 56.7 Å². The fraction of sp³-hybridized carbons (Fsp3) is 0.542. The first-order valence-electron chi connectivity index (χ1n) is 11.6. The van der Waals surface area contributed by atoms with Gasteiger partial charge in [-0.15, -0.1) is 0 Å². The van der Waals surface area contributed by atoms with Crippen molar-refractivity contribution in [2.45, 2.75) is 65.6 Å². The molecular formula is C24H35N5O3. The topological polar surface area (TPSA) is 104 Å². The zero-order valence-corrected chi connectivity index (χ0v) is 19.3. The number of aromatic amines is 1. The van der Waals surface area contributed by atoms with Gasteiger partial charge in [0, 0.05) is 25.7 Å². The van der Waals surface area contributed by atoms with Crippen molar-refractivity contribution in [1.82, 2.24) is 14.5 Å². The van der Waals surface area contributed by atoms with E-state index < -0.39 is 11.2 Å². The zero-order chi connectivity index (χ0) is 23.3. The van der Waals surface area contributed by atoms with E-state index in [2.05, 4.69) is 28.9 Å². The van der Waals surface area contributed by atoms with E-state index in [1.54, 1.807) is 0 Å². The number of aromatic nitrogens is 2. The van der Waals surface area contributed by atoms with Gasteiger partial charge in [0.15, 0.2) is 5.69 Å². The van der Waals surface area contributed by atoms with Crippen LogP contribution in [0.1, 0.15) is 52.0 Å². The van der Waals surface area contributed by atoms with E-state index in [-0.39, 0.29) is 36.5 Å². The second-order valence-corrected chi connectivity index (χ2v) is 8.60. The summed E-state index contributed by atoms with van der Waals surface area (Å²) in [5.74, 6) is 0.437. The zero-order valence-electron chi connectivity index (χ0n) is 19.3. The van der Waals surface area contributed by atoms with Crippen molar-refractivity contribution in [2.24, 2.45) is 5.92 Å². The summed E-state index contributed by atoms with van der Waals surface area (Å²) in [5, 5.41) is 0. The fourth-order valence-corrected chi connectivity index (χ4v) is 4.13. The van der Waals surface area contributed by atoms with E-state index in [9.17, 15) is 14.4 Å². The van der Waals surface area contributed by atoms with E-state index in [1.807, 2.05) is 32.0 Å². The minimum absolute atomic E-state index is 0.0484. The van der Waals surface area contributed by atoms with Crippen LogP contribution in [-0.2, 0) is 17.9 Å². The maximum Gasteiger partial charge on any atom is 0.330 e. The van der Waals surface area contributed by atoms with Gasteiger partial charge in [0.2, 0.25) is 5.91 Å². The first-order chi connectivity index (χ1) is 15.4. The molecule has 2 aromatic rings. The van der Waals surface area contributed by atoms with Crippen LogP contribution in [0.5, 0.6) is 0 Å². The normalized spacial score (nSPS) is 14.5. The molecule has 1 aliphatic rings. The van der Waals surface area contributed by atoms with Crippen molar-refractivity contribution >= 4 is 17.4 Å². The molecule has 0 radical (unpaired) electrons. The standard InChI is InChI=1S/C24H35N5O3/c1-4-6-14-29-22(25)21(23(31)26-24(29)32)28(5-2)20(30)16-27(17(3)19-12-13-19)15-18-10-8-7-9-11-18/h7-11,17,19H,4-6,12-16,25H2,1-3H3,(H,26,31,32). The summed E-state index contributed by atoms with van der Waals surface area (Å²) < 4.78 is 1.35. The molecule has 1 aromatic carbocycles. The highest BCUT2D eigenvalue weighted by Crippen LogP contribution is 2.35. The summed E-state index contributed by atoms with van der Waals surface area (Å²) >= 11 is 0. The van der Waals surface area contributed by atoms with Crippen LogP contribution < -0.4 is 21.9 Å². The maximum absolute atomic E-state index is 13.4. The van der Waals surface area contributed by atoms with Crippen LogP contribution >= 0.6 is 0 Å². The average molecular weight is 442 g/mol. The van der Waals surface area contributed by atoms with E-state index in [0.717, 1.165) is 18.4 Å². The highest BCUT2D eigenvalue weighted by Gasteiger charge is 2.34. The summed E-state index contributed by atoms with van der Waals surface area (Å²) in [6, 6.07) is 10.3. The van der Waals surface area contributed by atoms with Gasteiger partial charge in [0.25, 0.3) is 5.56 Å². The Kier molecular flexibility index (Phi) is 7.90. The molecule has 0 bridgehead atoms. The average Bonchev–Trinajstić information content (AvgIpc) is 3.61. The summed E-state index contributed by atoms with van der Waals surface area (Å²) in [6.45, 7) is 7.50. The van der Waals surface area contributed by atoms with Crippen LogP contribution in [0.15, 0.2) is 39.9 Å². The summed E-state index contributed by atoms with van der Waals surface area (Å²) in [4.78, 5) is 44.3. The number of amides is 1. The molecule has 1 heterocycles. The molecule has 1 unspecified atom stereocenters. The van der Waals surface area contributed by atoms with Crippen molar-refractivity contribution in [2.75, 3.05) is 23.7 Å². The number of rotatable bonds is 11. The van der Waals surface area contributed by atoms with E-state index in [4.69, 9.17) is 5.73 Å². The van der Waals surface area contributed by atoms with Crippen LogP contribution in [0.2, 0.25) is 0 Å². The molecule has 0 aliphatic heterocycles. The van der Waals surface area contributed by atoms with Gasteiger partial charge in [-0.1, -0.05) is 43.7 Å². The molecule has 174 valence electrons. The van der Waals surface area contributed by atoms with Gasteiger partial charge in [-0.05, 0) is 44.6 Å². The van der Waals surface area contributed by atoms with Gasteiger partial charge in [-0.2, -0.15) is 0 Å². The summed E-state index contributed by atoms with van der Waals surface area (Å²) in [5.41, 5.74) is 6.28. The predicted octanol–water partition coefficient (Wildman–Crippen LogP) is 2.57. The van der Waals surface area contributed by atoms with Crippen molar-refractivity contribution in [3.8, 4) is 0 Å². The molecule has 1 aromatic heterocycles. The first-order valence-corrected chi connectivity index (χ1v) is 11.6. The molecule has 1 atom stereocenters. The third-order valence-corrected chi connectivity index (χ3v) is 6.28. The molecule has 3 rings (SSSR count). The largest absolute Gasteiger partial charge is 0.383 e. The number of carbonyl (C=O) groups excluding carboxylic acids is 1. The van der Waals surface area contributed by atoms with Gasteiger partial charge in [-0.25, -0.2) is 4.79 Å². The van der Waals surface area contributed by atoms with Crippen LogP contribution in [-0.4, -0.2) is 39.5 Å². The molecule has 1 aliphatic carbocycles. The Hall–Kier alpha value is -2.87. The summed E-state index contributed by atoms with van der Waals surface area (Å²) in [7, 11) is 0. The lowest BCUT2D eigenvalue weighted by molar-refractivity contribution is -0.120. The number of carbonyl (C=O) groups is 1. The second kappa shape index (κ2) is 10.6. The van der Waals surface area contributed by atoms with E-state index in [1.165, 1.54) is 22.3 Å². The number of unbranched alkanes of at least 4 members (excludes halogenated alkanes) is 1. The molecule has 3 N–H and O–H groups in total. The number of benzene rings is 1. The quantitative estimate of drug-likeness (QED) is 0.558. The number of H-pyrrole nitrogens is 1. The Balaban J connectivity index is 1.88. The second-order valence-electron chi connectivity index (χ2n) is 8.60. The smallest absolute Gasteiger partial charge is 0.330 e. The molecule has 1 amide bonds. The Morgan fingerprint density at radius 1 is 1.22 bits per heavy atom. The van der Waals surface area contributed by atoms with E-state index >= 15 is 0 Å². The number of nitrogen functional groups attached to an aromatic ring is 1. The van der Waals surface area contributed by atoms with E-state index in [0.29, 0.717) is 19.0 Å². The third-order valence-electron chi connectivity index (χ3n) is 6.28. The van der Waals surface area contributed by atoms with Gasteiger partial charge in [-0.3, -0.25) is 24.0 Å². The number of nitrogens with zero attached hydrogens (tertiary/aromatic N) is 3. The molecule has 0 saturated heterocycles. The highest BCUT2D eigenvalue weighted by atomic mass is 16.2. The molecule has 1 fully saturated rings. The third kappa shape index (κ3) is 5.48. The number of likely N-dealkylation sites (N-methyl/N-ethyl adjacent to an activating group) is 1. The Bertz CT molecular complexity index is 1030. The monoisotopic (exact) mass is 441 g/mol. The minimum atomic E-state index is -0.625. The Morgan fingerprint density at radius 3 is 2.50 bits per heavy atom. The lowest BCUT2D eigenvalue weighted by Crippen LogP contribution is -2.47. The van der Waals surface area contributed by atoms with Crippen molar-refractivity contribution < 1.29 is 4.79 Å². The SMILES string of the molecule is CCCCn1c(N)c(N(CC)C(=O)CN(Cc2ccccc2)C(C)C2CC2)c(=O)[nH]c1=O. The Labute approximate surface area is 189 Å².